The first-order valence-corrected chi connectivity index (χ1v) is 10.1. The van der Waals surface area contributed by atoms with Crippen molar-refractivity contribution in [3.05, 3.63) is 63.8 Å². The van der Waals surface area contributed by atoms with Crippen LogP contribution in [-0.2, 0) is 18.5 Å². The number of rotatable bonds is 5. The normalized spacial score (nSPS) is 21.4. The molecule has 0 bridgehead atoms. The molecule has 1 fully saturated rings. The summed E-state index contributed by atoms with van der Waals surface area (Å²) >= 11 is 0. The van der Waals surface area contributed by atoms with Crippen LogP contribution in [0.3, 0.4) is 0 Å². The number of hydrogen-bond acceptors (Lipinski definition) is 4. The maximum atomic E-state index is 12.6. The van der Waals surface area contributed by atoms with Crippen molar-refractivity contribution < 1.29 is 4.79 Å². The summed E-state index contributed by atoms with van der Waals surface area (Å²) in [6.45, 7) is 8.25. The van der Waals surface area contributed by atoms with Crippen molar-refractivity contribution in [1.29, 1.82) is 0 Å². The molecule has 0 radical (unpaired) electrons. The molecule has 0 aliphatic carbocycles. The second-order valence-electron chi connectivity index (χ2n) is 8.56. The molecule has 4 rings (SSSR count). The Morgan fingerprint density at radius 3 is 2.71 bits per heavy atom. The number of fused-ring (bicyclic) bond motifs is 2. The molecular formula is C22H28N4O2. The highest BCUT2D eigenvalue weighted by Gasteiger charge is 2.46. The Morgan fingerprint density at radius 1 is 1.21 bits per heavy atom. The first kappa shape index (κ1) is 18.9. The van der Waals surface area contributed by atoms with Gasteiger partial charge in [-0.2, -0.15) is 4.98 Å². The molecule has 2 aliphatic heterocycles. The third-order valence-corrected chi connectivity index (χ3v) is 5.90. The van der Waals surface area contributed by atoms with Crippen LogP contribution in [0.2, 0.25) is 0 Å². The van der Waals surface area contributed by atoms with E-state index in [-0.39, 0.29) is 16.9 Å². The van der Waals surface area contributed by atoms with Crippen LogP contribution in [0, 0.1) is 5.92 Å². The van der Waals surface area contributed by atoms with Gasteiger partial charge in [-0.15, -0.1) is 0 Å². The number of likely N-dealkylation sites (tertiary alicyclic amines) is 1. The van der Waals surface area contributed by atoms with Gasteiger partial charge in [-0.05, 0) is 30.9 Å². The second kappa shape index (κ2) is 7.51. The number of carbonyl (C=O) groups excluding carboxylic acids is 1. The van der Waals surface area contributed by atoms with Crippen LogP contribution in [0.4, 0.5) is 0 Å². The third-order valence-electron chi connectivity index (χ3n) is 5.90. The smallest absolute Gasteiger partial charge is 0.285 e. The quantitative estimate of drug-likeness (QED) is 0.863. The molecule has 1 spiro atoms. The standard InChI is InChI=1S/C22H28N4O2/c1-16(2)12-23-19(27)18-14-26-11-9-22(21(26)24-20(18)28)8-10-25(15-22)13-17-6-4-3-5-7-17/h3-7,14,16H,8-13,15H2,1-2H3,(H,23,27)/t22-/m0/s1. The Balaban J connectivity index is 1.52. The lowest BCUT2D eigenvalue weighted by Gasteiger charge is -2.23. The van der Waals surface area contributed by atoms with E-state index in [1.165, 1.54) is 5.56 Å². The summed E-state index contributed by atoms with van der Waals surface area (Å²) in [6, 6.07) is 10.5. The molecule has 1 N–H and O–H groups in total. The number of carbonyl (C=O) groups is 1. The number of hydrogen-bond donors (Lipinski definition) is 1. The predicted octanol–water partition coefficient (Wildman–Crippen LogP) is 2.18. The van der Waals surface area contributed by atoms with Crippen molar-refractivity contribution >= 4 is 5.91 Å². The summed E-state index contributed by atoms with van der Waals surface area (Å²) in [5, 5.41) is 2.83. The number of aromatic nitrogens is 2. The molecular weight excluding hydrogens is 352 g/mol. The Kier molecular flexibility index (Phi) is 5.06. The van der Waals surface area contributed by atoms with Gasteiger partial charge in [0.15, 0.2) is 0 Å². The van der Waals surface area contributed by atoms with Crippen molar-refractivity contribution in [3.8, 4) is 0 Å². The molecule has 2 aromatic rings. The van der Waals surface area contributed by atoms with E-state index in [9.17, 15) is 9.59 Å². The van der Waals surface area contributed by atoms with Crippen LogP contribution in [0.25, 0.3) is 0 Å². The van der Waals surface area contributed by atoms with Crippen LogP contribution in [0.5, 0.6) is 0 Å². The van der Waals surface area contributed by atoms with Crippen LogP contribution in [-0.4, -0.2) is 40.0 Å². The van der Waals surface area contributed by atoms with E-state index in [4.69, 9.17) is 0 Å². The minimum absolute atomic E-state index is 0.0686. The summed E-state index contributed by atoms with van der Waals surface area (Å²) in [5.41, 5.74) is 0.983. The number of aryl methyl sites for hydroxylation is 1. The Bertz CT molecular complexity index is 922. The van der Waals surface area contributed by atoms with Gasteiger partial charge in [-0.1, -0.05) is 44.2 Å². The molecule has 2 aliphatic rings. The van der Waals surface area contributed by atoms with Gasteiger partial charge >= 0.3 is 0 Å². The number of benzene rings is 1. The maximum Gasteiger partial charge on any atom is 0.285 e. The SMILES string of the molecule is CC(C)CNC(=O)c1cn2c(nc1=O)[C@@]1(CCN(Cc3ccccc3)C1)CC2. The van der Waals surface area contributed by atoms with E-state index < -0.39 is 5.56 Å². The fourth-order valence-electron chi connectivity index (χ4n) is 4.40. The average molecular weight is 380 g/mol. The molecule has 0 saturated carbocycles. The number of nitrogens with zero attached hydrogens (tertiary/aromatic N) is 3. The lowest BCUT2D eigenvalue weighted by molar-refractivity contribution is 0.0946. The average Bonchev–Trinajstić information content (AvgIpc) is 3.24. The molecule has 3 heterocycles. The van der Waals surface area contributed by atoms with Gasteiger partial charge in [0, 0.05) is 37.8 Å². The van der Waals surface area contributed by atoms with Gasteiger partial charge in [0.2, 0.25) is 0 Å². The minimum atomic E-state index is -0.407. The maximum absolute atomic E-state index is 12.6. The minimum Gasteiger partial charge on any atom is -0.352 e. The van der Waals surface area contributed by atoms with Gasteiger partial charge in [-0.25, -0.2) is 0 Å². The first-order chi connectivity index (χ1) is 13.5. The van der Waals surface area contributed by atoms with E-state index in [2.05, 4.69) is 39.5 Å². The summed E-state index contributed by atoms with van der Waals surface area (Å²) in [5.74, 6) is 0.875. The number of amides is 1. The van der Waals surface area contributed by atoms with E-state index in [1.807, 2.05) is 24.5 Å². The lowest BCUT2D eigenvalue weighted by atomic mass is 9.85. The fourth-order valence-corrected chi connectivity index (χ4v) is 4.40. The van der Waals surface area contributed by atoms with E-state index in [1.54, 1.807) is 6.20 Å². The van der Waals surface area contributed by atoms with Crippen LogP contribution >= 0.6 is 0 Å². The van der Waals surface area contributed by atoms with E-state index in [0.717, 1.165) is 44.8 Å². The molecule has 1 aromatic heterocycles. The molecule has 148 valence electrons. The topological polar surface area (TPSA) is 67.2 Å². The summed E-state index contributed by atoms with van der Waals surface area (Å²) < 4.78 is 2.03. The van der Waals surface area contributed by atoms with E-state index in [0.29, 0.717) is 12.5 Å². The van der Waals surface area contributed by atoms with Crippen molar-refractivity contribution in [2.75, 3.05) is 19.6 Å². The third kappa shape index (κ3) is 3.61. The summed E-state index contributed by atoms with van der Waals surface area (Å²) in [6.07, 6.45) is 3.70. The van der Waals surface area contributed by atoms with Crippen molar-refractivity contribution in [2.45, 2.75) is 45.2 Å². The molecule has 1 saturated heterocycles. The molecule has 6 heteroatoms. The van der Waals surface area contributed by atoms with Gasteiger partial charge in [0.05, 0.1) is 0 Å². The highest BCUT2D eigenvalue weighted by atomic mass is 16.2. The lowest BCUT2D eigenvalue weighted by Crippen LogP contribution is -2.36. The molecule has 28 heavy (non-hydrogen) atoms. The molecule has 1 amide bonds. The number of nitrogens with one attached hydrogen (secondary N) is 1. The largest absolute Gasteiger partial charge is 0.352 e. The van der Waals surface area contributed by atoms with E-state index >= 15 is 0 Å². The van der Waals surface area contributed by atoms with Crippen LogP contribution in [0.1, 0.15) is 48.4 Å². The van der Waals surface area contributed by atoms with Crippen molar-refractivity contribution in [1.82, 2.24) is 19.8 Å². The Morgan fingerprint density at radius 2 is 1.96 bits per heavy atom. The van der Waals surface area contributed by atoms with Crippen LogP contribution < -0.4 is 10.9 Å². The highest BCUT2D eigenvalue weighted by molar-refractivity contribution is 5.93. The fraction of sp³-hybridized carbons (Fsp3) is 0.500. The van der Waals surface area contributed by atoms with Crippen molar-refractivity contribution in [2.24, 2.45) is 5.92 Å². The van der Waals surface area contributed by atoms with Gasteiger partial charge in [-0.3, -0.25) is 14.5 Å². The zero-order valence-electron chi connectivity index (χ0n) is 16.6. The van der Waals surface area contributed by atoms with Gasteiger partial charge in [0.1, 0.15) is 11.4 Å². The van der Waals surface area contributed by atoms with Crippen molar-refractivity contribution in [3.63, 3.8) is 0 Å². The van der Waals surface area contributed by atoms with Gasteiger partial charge in [0.25, 0.3) is 11.5 Å². The first-order valence-electron chi connectivity index (χ1n) is 10.1. The zero-order chi connectivity index (χ0) is 19.7. The Labute approximate surface area is 165 Å². The summed E-state index contributed by atoms with van der Waals surface area (Å²) in [7, 11) is 0. The molecule has 1 atom stereocenters. The second-order valence-corrected chi connectivity index (χ2v) is 8.56. The molecule has 0 unspecified atom stereocenters. The molecule has 1 aromatic carbocycles. The monoisotopic (exact) mass is 380 g/mol. The van der Waals surface area contributed by atoms with Gasteiger partial charge < -0.3 is 9.88 Å². The molecule has 6 nitrogen and oxygen atoms in total. The van der Waals surface area contributed by atoms with Crippen LogP contribution in [0.15, 0.2) is 41.3 Å². The predicted molar refractivity (Wildman–Crippen MR) is 108 cm³/mol. The summed E-state index contributed by atoms with van der Waals surface area (Å²) in [4.78, 5) is 31.8. The Hall–Kier alpha value is -2.47. The highest BCUT2D eigenvalue weighted by Crippen LogP contribution is 2.41. The zero-order valence-corrected chi connectivity index (χ0v) is 16.6.